The van der Waals surface area contributed by atoms with Crippen molar-refractivity contribution in [3.05, 3.63) is 0 Å². The van der Waals surface area contributed by atoms with Gasteiger partial charge in [-0.2, -0.15) is 10.1 Å². The highest BCUT2D eigenvalue weighted by Crippen LogP contribution is 2.49. The van der Waals surface area contributed by atoms with Gasteiger partial charge in [0.15, 0.2) is 6.79 Å². The van der Waals surface area contributed by atoms with E-state index < -0.39 is 65.4 Å². The highest BCUT2D eigenvalue weighted by Gasteiger charge is 2.47. The number of unbranched alkanes of at least 4 members (excludes halogenated alkanes) is 4. The number of aliphatic carboxylic acids is 1. The lowest BCUT2D eigenvalue weighted by Gasteiger charge is -2.46. The van der Waals surface area contributed by atoms with Crippen molar-refractivity contribution < 1.29 is 86.6 Å². The summed E-state index contributed by atoms with van der Waals surface area (Å²) in [6.45, 7) is 28.0. The van der Waals surface area contributed by atoms with Crippen LogP contribution in [-0.4, -0.2) is 150 Å². The maximum Gasteiger partial charge on any atom is 0.415 e. The highest BCUT2D eigenvalue weighted by atomic mass is 17.2. The van der Waals surface area contributed by atoms with Crippen LogP contribution in [0.2, 0.25) is 0 Å². The summed E-state index contributed by atoms with van der Waals surface area (Å²) >= 11 is 0. The van der Waals surface area contributed by atoms with Gasteiger partial charge in [-0.05, 0) is 160 Å². The van der Waals surface area contributed by atoms with E-state index in [0.29, 0.717) is 84.2 Å². The molecule has 9 atom stereocenters. The largest absolute Gasteiger partial charge is 0.478 e. The lowest BCUT2D eigenvalue weighted by atomic mass is 9.62. The van der Waals surface area contributed by atoms with Crippen molar-refractivity contribution in [3.8, 4) is 6.26 Å². The van der Waals surface area contributed by atoms with Gasteiger partial charge in [0.05, 0.1) is 25.9 Å². The van der Waals surface area contributed by atoms with E-state index in [1.54, 1.807) is 12.3 Å². The predicted molar refractivity (Wildman–Crippen MR) is 330 cm³/mol. The normalized spacial score (nSPS) is 28.0. The van der Waals surface area contributed by atoms with Crippen LogP contribution >= 0.6 is 0 Å². The molecule has 4 amide bonds. The Kier molecular flexibility index (Phi) is 29.6. The Balaban J connectivity index is 1.07. The van der Waals surface area contributed by atoms with E-state index in [-0.39, 0.29) is 90.3 Å². The van der Waals surface area contributed by atoms with Crippen LogP contribution in [0.25, 0.3) is 0 Å². The van der Waals surface area contributed by atoms with Crippen LogP contribution in [0.3, 0.4) is 0 Å². The summed E-state index contributed by atoms with van der Waals surface area (Å²) in [7, 11) is 0. The molecule has 26 heteroatoms. The number of hydrogen-bond donors (Lipinski definition) is 6. The number of hydrogen-bond acceptors (Lipinski definition) is 21. The van der Waals surface area contributed by atoms with Crippen molar-refractivity contribution in [2.45, 2.75) is 242 Å². The molecule has 0 saturated heterocycles. The van der Waals surface area contributed by atoms with Crippen molar-refractivity contribution in [3.63, 3.8) is 0 Å². The zero-order chi connectivity index (χ0) is 66.9. The van der Waals surface area contributed by atoms with E-state index in [0.717, 1.165) is 64.2 Å². The molecule has 0 aromatic heterocycles. The van der Waals surface area contributed by atoms with Gasteiger partial charge in [0, 0.05) is 49.6 Å². The van der Waals surface area contributed by atoms with Crippen LogP contribution in [0.4, 0.5) is 19.2 Å². The molecule has 26 nitrogen and oxygen atoms in total. The number of rotatable bonds is 35. The smallest absolute Gasteiger partial charge is 0.415 e. The predicted octanol–water partition coefficient (Wildman–Crippen LogP) is 10.6. The van der Waals surface area contributed by atoms with E-state index in [4.69, 9.17) is 53.2 Å². The molecule has 4 fully saturated rings. The van der Waals surface area contributed by atoms with Gasteiger partial charge in [0.1, 0.15) is 19.9 Å². The summed E-state index contributed by atoms with van der Waals surface area (Å²) in [6.07, 6.45) is 14.1. The van der Waals surface area contributed by atoms with E-state index >= 15 is 0 Å². The van der Waals surface area contributed by atoms with E-state index in [1.807, 2.05) is 13.8 Å². The molecule has 0 aliphatic heterocycles. The number of aliphatic imine (C=N–C) groups is 2. The Morgan fingerprint density at radius 2 is 1.16 bits per heavy atom. The Hall–Kier alpha value is -5.84. The summed E-state index contributed by atoms with van der Waals surface area (Å²) in [5.41, 5.74) is -3.81. The van der Waals surface area contributed by atoms with Crippen molar-refractivity contribution in [2.24, 2.45) is 53.3 Å². The molecule has 0 aromatic rings. The summed E-state index contributed by atoms with van der Waals surface area (Å²) in [5.74, 6) is -2.14. The number of ether oxygens (including phenoxy) is 6. The Morgan fingerprint density at radius 1 is 0.611 bits per heavy atom. The molecule has 0 bridgehead atoms. The van der Waals surface area contributed by atoms with Gasteiger partial charge in [-0.1, -0.05) is 83.1 Å². The van der Waals surface area contributed by atoms with E-state index in [2.05, 4.69) is 106 Å². The maximum absolute atomic E-state index is 13.3. The molecule has 512 valence electrons. The van der Waals surface area contributed by atoms with Gasteiger partial charge in [-0.15, -0.1) is 0 Å². The molecular formula is C64H108N8O18. The Bertz CT molecular complexity index is 2470. The highest BCUT2D eigenvalue weighted by molar-refractivity contribution is 5.84. The van der Waals surface area contributed by atoms with Crippen LogP contribution in [0, 0.1) is 54.8 Å². The molecule has 4 aliphatic carbocycles. The Morgan fingerprint density at radius 3 is 1.80 bits per heavy atom. The number of nitriles is 1. The molecule has 4 rings (SSSR count). The van der Waals surface area contributed by atoms with E-state index in [1.165, 1.54) is 6.92 Å². The number of nitrogens with zero attached hydrogens (tertiary/aromatic N) is 3. The number of carbonyl (C=O) groups excluding carboxylic acids is 6. The molecule has 90 heavy (non-hydrogen) atoms. The summed E-state index contributed by atoms with van der Waals surface area (Å²) in [5, 5.41) is 33.7. The monoisotopic (exact) mass is 1280 g/mol. The van der Waals surface area contributed by atoms with Gasteiger partial charge in [0.25, 0.3) is 6.26 Å². The SMILES string of the molecule is CC1(C)CC(N=C=O)CC(C)(CNC(=O)OCCCCCC(=O)OC(=O)NC2CC(C)(C)CC(C)(CN=COOCC(C)(OC(=O)NC3CC(C)(C)CC(C)(CNC(=O)OCOCCCCCOOCNC4CC(C)(C)CC(C)(COC#N)C4)C3)C(=O)O)C2)C1. The summed E-state index contributed by atoms with van der Waals surface area (Å²) < 4.78 is 31.8. The maximum atomic E-state index is 13.3. The van der Waals surface area contributed by atoms with Gasteiger partial charge < -0.3 is 59.7 Å². The first-order valence-electron chi connectivity index (χ1n) is 32.0. The van der Waals surface area contributed by atoms with Gasteiger partial charge in [-0.3, -0.25) is 15.1 Å². The zero-order valence-corrected chi connectivity index (χ0v) is 56.1. The molecule has 6 N–H and O–H groups in total. The number of carbonyl (C=O) groups is 6. The van der Waals surface area contributed by atoms with Gasteiger partial charge in [0.2, 0.25) is 18.1 Å². The van der Waals surface area contributed by atoms with Crippen LogP contribution in [0.5, 0.6) is 0 Å². The van der Waals surface area contributed by atoms with Gasteiger partial charge in [-0.25, -0.2) is 43.5 Å². The number of esters is 1. The van der Waals surface area contributed by atoms with Crippen molar-refractivity contribution >= 4 is 48.8 Å². The van der Waals surface area contributed by atoms with Crippen LogP contribution in [0.1, 0.15) is 212 Å². The first-order chi connectivity index (χ1) is 42.0. The third-order valence-electron chi connectivity index (χ3n) is 17.5. The zero-order valence-electron chi connectivity index (χ0n) is 56.1. The number of alkyl carbamates (subject to hydrolysis) is 4. The number of isocyanates is 1. The standard InChI is InChI=1S/C64H108N8O18/c1-56(2)24-46(69-42-73)28-61(10,33-56)37-67-52(77)83-22-18-14-16-20-50(74)89-54(79)71-48-26-58(5,6)32-60(9,30-48)36-66-43-87-86-40-64(13,51(75)76)90-55(80)72-49-27-59(7,8)34-62(11,31-49)38-68-53(78)84-45-81-21-17-15-19-23-85-88-44-70-47-25-57(3,4)35-63(12,29-47)39-82-41-65/h43,46-49,70H,14-40,44-45H2,1-13H3,(H,67,77)(H,68,78)(H,71,79)(H,72,80)(H,75,76). The fraction of sp³-hybridized carbons (Fsp3) is 0.859. The second-order valence-corrected chi connectivity index (χ2v) is 30.8. The second-order valence-electron chi connectivity index (χ2n) is 30.8. The number of carboxylic acid groups (broad SMARTS) is 1. The fourth-order valence-corrected chi connectivity index (χ4v) is 15.4. The Labute approximate surface area is 533 Å². The van der Waals surface area contributed by atoms with Gasteiger partial charge >= 0.3 is 36.3 Å². The molecular weight excluding hydrogens is 1170 g/mol. The van der Waals surface area contributed by atoms with Crippen molar-refractivity contribution in [1.29, 1.82) is 5.26 Å². The average Bonchev–Trinajstić information content (AvgIpc) is 1.03. The summed E-state index contributed by atoms with van der Waals surface area (Å²) in [4.78, 5) is 117. The number of carboxylic acids is 1. The minimum Gasteiger partial charge on any atom is -0.478 e. The van der Waals surface area contributed by atoms with Crippen molar-refractivity contribution in [2.75, 3.05) is 66.2 Å². The van der Waals surface area contributed by atoms with E-state index in [9.17, 15) is 38.7 Å². The minimum atomic E-state index is -2.15. The summed E-state index contributed by atoms with van der Waals surface area (Å²) in [6, 6.07) is -0.671. The molecule has 4 saturated carbocycles. The quantitative estimate of drug-likeness (QED) is 0.00293. The molecule has 4 aliphatic rings. The third kappa shape index (κ3) is 29.2. The topological polar surface area (TPSA) is 341 Å². The van der Waals surface area contributed by atoms with Crippen molar-refractivity contribution in [1.82, 2.24) is 26.6 Å². The number of amides is 4. The first kappa shape index (κ1) is 76.6. The molecule has 0 radical (unpaired) electrons. The molecule has 0 aromatic carbocycles. The first-order valence-corrected chi connectivity index (χ1v) is 32.0. The second kappa shape index (κ2) is 34.7. The van der Waals surface area contributed by atoms with Crippen LogP contribution < -0.4 is 26.6 Å². The third-order valence-corrected chi connectivity index (χ3v) is 17.5. The number of nitrogens with one attached hydrogen (secondary N) is 5. The van der Waals surface area contributed by atoms with Crippen LogP contribution in [-0.2, 0) is 62.4 Å². The molecule has 9 unspecified atom stereocenters. The lowest BCUT2D eigenvalue weighted by Crippen LogP contribution is -2.53. The fourth-order valence-electron chi connectivity index (χ4n) is 15.4. The van der Waals surface area contributed by atoms with Crippen LogP contribution in [0.15, 0.2) is 9.98 Å². The lowest BCUT2D eigenvalue weighted by molar-refractivity contribution is -0.300. The molecule has 0 heterocycles. The minimum absolute atomic E-state index is 0.00807. The molecule has 0 spiro atoms. The average molecular weight is 1280 g/mol.